The molecule has 0 spiro atoms. The molecule has 2 aromatic heterocycles. The molecule has 16 heavy (non-hydrogen) atoms. The highest BCUT2D eigenvalue weighted by molar-refractivity contribution is 7.89. The van der Waals surface area contributed by atoms with Crippen LogP contribution in [-0.4, -0.2) is 34.9 Å². The number of imidazole rings is 2. The Balaban J connectivity index is 1.91. The zero-order chi connectivity index (χ0) is 11.4. The van der Waals surface area contributed by atoms with E-state index in [4.69, 9.17) is 0 Å². The molecular weight excluding hydrogens is 230 g/mol. The van der Waals surface area contributed by atoms with Crippen molar-refractivity contribution in [3.8, 4) is 0 Å². The van der Waals surface area contributed by atoms with Crippen molar-refractivity contribution < 1.29 is 8.42 Å². The van der Waals surface area contributed by atoms with Gasteiger partial charge in [0.25, 0.3) is 10.0 Å². The summed E-state index contributed by atoms with van der Waals surface area (Å²) in [5.41, 5.74) is 0.882. The number of hydrogen-bond donors (Lipinski definition) is 3. The second-order valence-corrected chi connectivity index (χ2v) is 4.88. The van der Waals surface area contributed by atoms with Gasteiger partial charge < -0.3 is 9.97 Å². The van der Waals surface area contributed by atoms with Crippen molar-refractivity contribution in [2.75, 3.05) is 6.54 Å². The average Bonchev–Trinajstić information content (AvgIpc) is 2.90. The van der Waals surface area contributed by atoms with Crippen LogP contribution in [0.1, 0.15) is 5.69 Å². The summed E-state index contributed by atoms with van der Waals surface area (Å²) in [6, 6.07) is 0. The molecule has 2 aromatic rings. The lowest BCUT2D eigenvalue weighted by Crippen LogP contribution is -2.26. The lowest BCUT2D eigenvalue weighted by Gasteiger charge is -2.02. The first-order valence-electron chi connectivity index (χ1n) is 4.64. The van der Waals surface area contributed by atoms with Gasteiger partial charge in [0.2, 0.25) is 0 Å². The molecular formula is C8H11N5O2S. The first kappa shape index (κ1) is 10.8. The molecule has 2 rings (SSSR count). The molecule has 0 atom stereocenters. The van der Waals surface area contributed by atoms with Crippen molar-refractivity contribution >= 4 is 10.0 Å². The quantitative estimate of drug-likeness (QED) is 0.665. The molecule has 0 unspecified atom stereocenters. The van der Waals surface area contributed by atoms with E-state index in [1.807, 2.05) is 0 Å². The Hall–Kier alpha value is -1.67. The maximum atomic E-state index is 11.6. The van der Waals surface area contributed by atoms with Gasteiger partial charge in [-0.1, -0.05) is 0 Å². The van der Waals surface area contributed by atoms with E-state index in [1.165, 1.54) is 12.5 Å². The summed E-state index contributed by atoms with van der Waals surface area (Å²) in [7, 11) is -3.47. The highest BCUT2D eigenvalue weighted by Crippen LogP contribution is 2.01. The normalized spacial score (nSPS) is 11.8. The largest absolute Gasteiger partial charge is 0.348 e. The Kier molecular flexibility index (Phi) is 3.02. The molecule has 2 heterocycles. The smallest absolute Gasteiger partial charge is 0.257 e. The van der Waals surface area contributed by atoms with Crippen molar-refractivity contribution in [2.45, 2.75) is 11.4 Å². The summed E-state index contributed by atoms with van der Waals surface area (Å²) in [4.78, 5) is 12.9. The molecule has 86 valence electrons. The molecule has 3 N–H and O–H groups in total. The third-order valence-corrected chi connectivity index (χ3v) is 3.39. The third kappa shape index (κ3) is 2.47. The molecule has 0 aliphatic rings. The van der Waals surface area contributed by atoms with Crippen molar-refractivity contribution in [3.63, 3.8) is 0 Å². The van der Waals surface area contributed by atoms with E-state index >= 15 is 0 Å². The molecule has 0 aliphatic heterocycles. The molecule has 0 saturated carbocycles. The van der Waals surface area contributed by atoms with Gasteiger partial charge in [-0.15, -0.1) is 0 Å². The van der Waals surface area contributed by atoms with Crippen LogP contribution in [0.5, 0.6) is 0 Å². The van der Waals surface area contributed by atoms with Crippen LogP contribution < -0.4 is 4.72 Å². The van der Waals surface area contributed by atoms with Gasteiger partial charge in [0.1, 0.15) is 0 Å². The Labute approximate surface area is 92.4 Å². The maximum Gasteiger partial charge on any atom is 0.257 e. The van der Waals surface area contributed by atoms with Crippen LogP contribution in [0, 0.1) is 0 Å². The molecule has 0 radical (unpaired) electrons. The van der Waals surface area contributed by atoms with E-state index < -0.39 is 10.0 Å². The number of nitrogens with zero attached hydrogens (tertiary/aromatic N) is 2. The summed E-state index contributed by atoms with van der Waals surface area (Å²) < 4.78 is 25.7. The fraction of sp³-hybridized carbons (Fsp3) is 0.250. The number of aromatic amines is 2. The SMILES string of the molecule is O=S(=O)(NCCc1cnc[nH]1)c1cnc[nH]1. The number of rotatable bonds is 5. The van der Waals surface area contributed by atoms with E-state index in [9.17, 15) is 8.42 Å². The van der Waals surface area contributed by atoms with Gasteiger partial charge in [0.05, 0.1) is 18.9 Å². The number of hydrogen-bond acceptors (Lipinski definition) is 4. The third-order valence-electron chi connectivity index (χ3n) is 2.00. The van der Waals surface area contributed by atoms with E-state index in [-0.39, 0.29) is 5.03 Å². The van der Waals surface area contributed by atoms with Crippen LogP contribution in [0.25, 0.3) is 0 Å². The van der Waals surface area contributed by atoms with Crippen LogP contribution in [0.2, 0.25) is 0 Å². The number of aromatic nitrogens is 4. The van der Waals surface area contributed by atoms with E-state index in [2.05, 4.69) is 24.7 Å². The zero-order valence-electron chi connectivity index (χ0n) is 8.34. The molecule has 0 aliphatic carbocycles. The van der Waals surface area contributed by atoms with Gasteiger partial charge in [-0.25, -0.2) is 23.1 Å². The van der Waals surface area contributed by atoms with Gasteiger partial charge in [-0.05, 0) is 0 Å². The lowest BCUT2D eigenvalue weighted by molar-refractivity contribution is 0.578. The molecule has 0 saturated heterocycles. The van der Waals surface area contributed by atoms with Crippen molar-refractivity contribution in [1.29, 1.82) is 0 Å². The lowest BCUT2D eigenvalue weighted by atomic mass is 10.3. The summed E-state index contributed by atoms with van der Waals surface area (Å²) in [6.45, 7) is 0.309. The van der Waals surface area contributed by atoms with E-state index in [0.29, 0.717) is 13.0 Å². The number of nitrogens with one attached hydrogen (secondary N) is 3. The van der Waals surface area contributed by atoms with Gasteiger partial charge in [-0.3, -0.25) is 0 Å². The Morgan fingerprint density at radius 2 is 1.94 bits per heavy atom. The summed E-state index contributed by atoms with van der Waals surface area (Å²) in [6.07, 6.45) is 6.36. The predicted molar refractivity (Wildman–Crippen MR) is 56.1 cm³/mol. The Morgan fingerprint density at radius 3 is 2.56 bits per heavy atom. The fourth-order valence-electron chi connectivity index (χ4n) is 1.21. The van der Waals surface area contributed by atoms with Crippen LogP contribution in [-0.2, 0) is 16.4 Å². The predicted octanol–water partition coefficient (Wildman–Crippen LogP) is -0.346. The van der Waals surface area contributed by atoms with Crippen molar-refractivity contribution in [1.82, 2.24) is 24.7 Å². The second-order valence-electron chi connectivity index (χ2n) is 3.14. The van der Waals surface area contributed by atoms with Gasteiger partial charge in [0.15, 0.2) is 5.03 Å². The average molecular weight is 241 g/mol. The minimum atomic E-state index is -3.47. The summed E-state index contributed by atoms with van der Waals surface area (Å²) in [5, 5.41) is 0.0668. The zero-order valence-corrected chi connectivity index (χ0v) is 9.16. The minimum absolute atomic E-state index is 0.0668. The summed E-state index contributed by atoms with van der Waals surface area (Å²) >= 11 is 0. The highest BCUT2D eigenvalue weighted by atomic mass is 32.2. The minimum Gasteiger partial charge on any atom is -0.348 e. The molecule has 0 amide bonds. The van der Waals surface area contributed by atoms with Crippen LogP contribution in [0.3, 0.4) is 0 Å². The number of sulfonamides is 1. The van der Waals surface area contributed by atoms with Gasteiger partial charge in [-0.2, -0.15) is 0 Å². The van der Waals surface area contributed by atoms with Crippen molar-refractivity contribution in [3.05, 3.63) is 30.7 Å². The number of H-pyrrole nitrogens is 2. The van der Waals surface area contributed by atoms with Crippen LogP contribution >= 0.6 is 0 Å². The Morgan fingerprint density at radius 1 is 1.19 bits per heavy atom. The fourth-order valence-corrected chi connectivity index (χ4v) is 2.14. The highest BCUT2D eigenvalue weighted by Gasteiger charge is 2.14. The Bertz CT molecular complexity index is 517. The summed E-state index contributed by atoms with van der Waals surface area (Å²) in [5.74, 6) is 0. The maximum absolute atomic E-state index is 11.6. The topological polar surface area (TPSA) is 104 Å². The first-order chi connectivity index (χ1) is 7.68. The van der Waals surface area contributed by atoms with Crippen LogP contribution in [0.15, 0.2) is 30.1 Å². The molecule has 7 nitrogen and oxygen atoms in total. The van der Waals surface area contributed by atoms with Gasteiger partial charge in [0, 0.05) is 24.9 Å². The second kappa shape index (κ2) is 4.45. The van der Waals surface area contributed by atoms with E-state index in [0.717, 1.165) is 5.69 Å². The van der Waals surface area contributed by atoms with Gasteiger partial charge >= 0.3 is 0 Å². The first-order valence-corrected chi connectivity index (χ1v) is 6.12. The molecule has 8 heteroatoms. The molecule has 0 fully saturated rings. The monoisotopic (exact) mass is 241 g/mol. The standard InChI is InChI=1S/C8H11N5O2S/c14-16(15,8-4-10-6-12-8)13-2-1-7-3-9-5-11-7/h3-6,13H,1-2H2,(H,9,11)(H,10,12). The van der Waals surface area contributed by atoms with Crippen LogP contribution in [0.4, 0.5) is 0 Å². The molecule has 0 aromatic carbocycles. The van der Waals surface area contributed by atoms with E-state index in [1.54, 1.807) is 12.5 Å². The molecule has 0 bridgehead atoms. The van der Waals surface area contributed by atoms with Crippen molar-refractivity contribution in [2.24, 2.45) is 0 Å².